The van der Waals surface area contributed by atoms with Gasteiger partial charge in [0, 0.05) is 0 Å². The second-order valence-corrected chi connectivity index (χ2v) is 21.7. The third-order valence-corrected chi connectivity index (χ3v) is 14.4. The van der Waals surface area contributed by atoms with Crippen LogP contribution in [0.5, 0.6) is 69.0 Å². The zero-order chi connectivity index (χ0) is 59.2. The van der Waals surface area contributed by atoms with E-state index < -0.39 is 0 Å². The van der Waals surface area contributed by atoms with Crippen molar-refractivity contribution in [1.82, 2.24) is 0 Å². The van der Waals surface area contributed by atoms with Gasteiger partial charge >= 0.3 is 0 Å². The number of rotatable bonds is 39. The van der Waals surface area contributed by atoms with Crippen LogP contribution >= 0.6 is 0 Å². The standard InChI is InChI=1S/C72H94O12/c1-11-25-73-61-37-49-51-39-63(75-27-13-3)67(79-31-17-7)43-55(51)59-47-71(69(81-33-19-9)45-57(59)53(49)41-65(61)77-29-15-5)83-35-23-21-22-24-36-84-72-48-60-56-44-68(80-32-18-8)64(76-28-14-4)40-52(56)50-38-62(74-26-12-2)66(78-30-16-6)42-54(50)58(60)46-70(72)82-34-20-10/h37-48H,11-36H2,1-10H3. The molecule has 0 N–H and O–H groups in total. The average Bonchev–Trinajstić information content (AvgIpc) is 0.855. The van der Waals surface area contributed by atoms with E-state index in [4.69, 9.17) is 56.8 Å². The molecule has 0 aliphatic heterocycles. The molecule has 0 spiro atoms. The van der Waals surface area contributed by atoms with Crippen LogP contribution in [0.3, 0.4) is 0 Å². The third-order valence-electron chi connectivity index (χ3n) is 14.4. The van der Waals surface area contributed by atoms with Gasteiger partial charge in [-0.3, -0.25) is 0 Å². The van der Waals surface area contributed by atoms with Crippen LogP contribution in [0.1, 0.15) is 159 Å². The molecular weight excluding hydrogens is 1060 g/mol. The van der Waals surface area contributed by atoms with Crippen LogP contribution in [-0.4, -0.2) is 79.3 Å². The van der Waals surface area contributed by atoms with E-state index in [0.29, 0.717) is 102 Å². The van der Waals surface area contributed by atoms with Crippen molar-refractivity contribution in [3.8, 4) is 69.0 Å². The Morgan fingerprint density at radius 3 is 0.369 bits per heavy atom. The molecule has 0 aliphatic carbocycles. The highest BCUT2D eigenvalue weighted by atomic mass is 16.5. The molecule has 0 aromatic heterocycles. The lowest BCUT2D eigenvalue weighted by Gasteiger charge is -2.20. The van der Waals surface area contributed by atoms with Gasteiger partial charge in [0.2, 0.25) is 0 Å². The molecule has 0 atom stereocenters. The summed E-state index contributed by atoms with van der Waals surface area (Å²) in [6.07, 6.45) is 12.4. The van der Waals surface area contributed by atoms with Crippen LogP contribution in [0.25, 0.3) is 64.6 Å². The molecule has 0 fully saturated rings. The van der Waals surface area contributed by atoms with Gasteiger partial charge in [-0.2, -0.15) is 0 Å². The van der Waals surface area contributed by atoms with Crippen molar-refractivity contribution >= 4 is 64.6 Å². The summed E-state index contributed by atoms with van der Waals surface area (Å²) in [6, 6.07) is 25.7. The van der Waals surface area contributed by atoms with Crippen molar-refractivity contribution in [1.29, 1.82) is 0 Å². The first kappa shape index (κ1) is 63.0. The number of hydrogen-bond donors (Lipinski definition) is 0. The van der Waals surface area contributed by atoms with E-state index in [1.54, 1.807) is 0 Å². The van der Waals surface area contributed by atoms with Crippen LogP contribution in [0.2, 0.25) is 0 Å². The summed E-state index contributed by atoms with van der Waals surface area (Å²) < 4.78 is 77.7. The first-order valence-corrected chi connectivity index (χ1v) is 31.9. The Morgan fingerprint density at radius 2 is 0.262 bits per heavy atom. The Hall–Kier alpha value is -7.08. The Balaban J connectivity index is 1.08. The Kier molecular flexibility index (Phi) is 24.2. The fourth-order valence-corrected chi connectivity index (χ4v) is 10.4. The van der Waals surface area contributed by atoms with Gasteiger partial charge in [0.1, 0.15) is 0 Å². The molecule has 12 nitrogen and oxygen atoms in total. The van der Waals surface area contributed by atoms with Crippen LogP contribution < -0.4 is 56.8 Å². The SMILES string of the molecule is CCCOc1cc2c3cc(OCCC)c(OCCC)cc3c3cc(OCCCCCCOc4cc5c6cc(OCCC)c(OCCC)cc6c6cc(OCCC)c(OCCC)cc6c5cc4OCCC)c(OCCC)cc3c2cc1OCCC. The van der Waals surface area contributed by atoms with Crippen molar-refractivity contribution < 1.29 is 56.8 Å². The zero-order valence-corrected chi connectivity index (χ0v) is 52.2. The summed E-state index contributed by atoms with van der Waals surface area (Å²) in [7, 11) is 0. The molecule has 8 rings (SSSR count). The van der Waals surface area contributed by atoms with E-state index >= 15 is 0 Å². The normalized spacial score (nSPS) is 11.5. The molecule has 8 aromatic carbocycles. The largest absolute Gasteiger partial charge is 0.490 e. The maximum Gasteiger partial charge on any atom is 0.161 e. The van der Waals surface area contributed by atoms with Gasteiger partial charge in [0.25, 0.3) is 0 Å². The van der Waals surface area contributed by atoms with Crippen molar-refractivity contribution in [2.75, 3.05) is 79.3 Å². The minimum Gasteiger partial charge on any atom is -0.490 e. The number of hydrogen-bond acceptors (Lipinski definition) is 12. The molecule has 0 bridgehead atoms. The Labute approximate surface area is 499 Å². The smallest absolute Gasteiger partial charge is 0.161 e. The average molecular weight is 1150 g/mol. The van der Waals surface area contributed by atoms with Gasteiger partial charge in [-0.25, -0.2) is 0 Å². The van der Waals surface area contributed by atoms with E-state index in [1.165, 1.54) is 0 Å². The number of fused-ring (bicyclic) bond motifs is 12. The van der Waals surface area contributed by atoms with Crippen molar-refractivity contribution in [2.24, 2.45) is 0 Å². The Bertz CT molecular complexity index is 3090. The molecule has 0 saturated heterocycles. The topological polar surface area (TPSA) is 111 Å². The van der Waals surface area contributed by atoms with Crippen molar-refractivity contribution in [3.05, 3.63) is 72.8 Å². The summed E-state index contributed by atoms with van der Waals surface area (Å²) in [5.41, 5.74) is 0. The van der Waals surface area contributed by atoms with Gasteiger partial charge in [0.15, 0.2) is 69.0 Å². The fraction of sp³-hybridized carbons (Fsp3) is 0.500. The number of ether oxygens (including phenoxy) is 12. The summed E-state index contributed by atoms with van der Waals surface area (Å²) in [6.45, 7) is 28.0. The molecule has 0 radical (unpaired) electrons. The molecule has 0 amide bonds. The maximum absolute atomic E-state index is 6.75. The molecule has 0 saturated carbocycles. The second-order valence-electron chi connectivity index (χ2n) is 21.7. The summed E-state index contributed by atoms with van der Waals surface area (Å²) in [4.78, 5) is 0. The van der Waals surface area contributed by atoms with Crippen LogP contribution in [-0.2, 0) is 0 Å². The van der Waals surface area contributed by atoms with E-state index in [9.17, 15) is 0 Å². The first-order valence-electron chi connectivity index (χ1n) is 31.9. The molecule has 84 heavy (non-hydrogen) atoms. The van der Waals surface area contributed by atoms with Gasteiger partial charge in [-0.05, 0) is 227 Å². The summed E-state index contributed by atoms with van der Waals surface area (Å²) >= 11 is 0. The molecule has 8 aromatic rings. The van der Waals surface area contributed by atoms with Crippen molar-refractivity contribution in [3.63, 3.8) is 0 Å². The fourth-order valence-electron chi connectivity index (χ4n) is 10.4. The number of unbranched alkanes of at least 4 members (excludes halogenated alkanes) is 3. The Morgan fingerprint density at radius 1 is 0.155 bits per heavy atom. The van der Waals surface area contributed by atoms with E-state index in [-0.39, 0.29) is 0 Å². The molecule has 0 heterocycles. The number of benzene rings is 8. The zero-order valence-electron chi connectivity index (χ0n) is 52.2. The molecular formula is C72H94O12. The van der Waals surface area contributed by atoms with E-state index in [2.05, 4.69) is 142 Å². The minimum absolute atomic E-state index is 0.528. The van der Waals surface area contributed by atoms with Gasteiger partial charge in [0.05, 0.1) is 79.3 Å². The summed E-state index contributed by atoms with van der Waals surface area (Å²) in [5.74, 6) is 8.71. The summed E-state index contributed by atoms with van der Waals surface area (Å²) in [5, 5.41) is 12.4. The van der Waals surface area contributed by atoms with E-state index in [1.807, 2.05) is 0 Å². The highest BCUT2D eigenvalue weighted by molar-refractivity contribution is 6.28. The highest BCUT2D eigenvalue weighted by Gasteiger charge is 2.23. The molecule has 12 heteroatoms. The van der Waals surface area contributed by atoms with Gasteiger partial charge in [-0.15, -0.1) is 0 Å². The second kappa shape index (κ2) is 32.3. The minimum atomic E-state index is 0.528. The quantitative estimate of drug-likeness (QED) is 0.0270. The van der Waals surface area contributed by atoms with Gasteiger partial charge in [-0.1, -0.05) is 69.2 Å². The molecule has 454 valence electrons. The van der Waals surface area contributed by atoms with Gasteiger partial charge < -0.3 is 56.8 Å². The lowest BCUT2D eigenvalue weighted by molar-refractivity contribution is 0.255. The molecule has 0 aliphatic rings. The van der Waals surface area contributed by atoms with Crippen LogP contribution in [0, 0.1) is 0 Å². The van der Waals surface area contributed by atoms with Crippen LogP contribution in [0.4, 0.5) is 0 Å². The lowest BCUT2D eigenvalue weighted by atomic mass is 9.93. The third kappa shape index (κ3) is 15.2. The predicted molar refractivity (Wildman–Crippen MR) is 345 cm³/mol. The lowest BCUT2D eigenvalue weighted by Crippen LogP contribution is -2.05. The first-order chi connectivity index (χ1) is 41.3. The molecule has 0 unspecified atom stereocenters. The van der Waals surface area contributed by atoms with Crippen LogP contribution in [0.15, 0.2) is 72.8 Å². The monoisotopic (exact) mass is 1150 g/mol. The predicted octanol–water partition coefficient (Wildman–Crippen LogP) is 19.5. The maximum atomic E-state index is 6.75. The van der Waals surface area contributed by atoms with E-state index in [0.717, 1.165) is 201 Å². The van der Waals surface area contributed by atoms with Crippen molar-refractivity contribution in [2.45, 2.75) is 159 Å². The highest BCUT2D eigenvalue weighted by Crippen LogP contribution is 2.50.